The third-order valence-corrected chi connectivity index (χ3v) is 2.46. The van der Waals surface area contributed by atoms with E-state index in [2.05, 4.69) is 42.2 Å². The van der Waals surface area contributed by atoms with Gasteiger partial charge in [0.15, 0.2) is 0 Å². The molecule has 1 heterocycles. The van der Waals surface area contributed by atoms with Crippen LogP contribution in [0.5, 0.6) is 0 Å². The summed E-state index contributed by atoms with van der Waals surface area (Å²) in [6.45, 7) is 8.31. The van der Waals surface area contributed by atoms with Crippen LogP contribution in [-0.2, 0) is 6.54 Å². The van der Waals surface area contributed by atoms with Gasteiger partial charge in [-0.3, -0.25) is 9.88 Å². The zero-order valence-corrected chi connectivity index (χ0v) is 9.95. The predicted octanol–water partition coefficient (Wildman–Crippen LogP) is 1.43. The van der Waals surface area contributed by atoms with E-state index >= 15 is 0 Å². The molecule has 1 aromatic heterocycles. The molecular weight excluding hydrogens is 186 g/mol. The van der Waals surface area contributed by atoms with Crippen LogP contribution < -0.4 is 5.32 Å². The quantitative estimate of drug-likeness (QED) is 0.715. The van der Waals surface area contributed by atoms with Gasteiger partial charge in [-0.15, -0.1) is 0 Å². The van der Waals surface area contributed by atoms with Crippen LogP contribution in [0.1, 0.15) is 18.2 Å². The van der Waals surface area contributed by atoms with Crippen molar-refractivity contribution in [3.8, 4) is 0 Å². The Morgan fingerprint density at radius 2 is 2.27 bits per heavy atom. The molecule has 0 aliphatic heterocycles. The van der Waals surface area contributed by atoms with Crippen LogP contribution in [0.4, 0.5) is 0 Å². The summed E-state index contributed by atoms with van der Waals surface area (Å²) in [5.74, 6) is 0. The van der Waals surface area contributed by atoms with Crippen LogP contribution in [0.2, 0.25) is 0 Å². The molecule has 0 spiro atoms. The lowest BCUT2D eigenvalue weighted by atomic mass is 10.2. The molecule has 1 rings (SSSR count). The summed E-state index contributed by atoms with van der Waals surface area (Å²) in [6, 6.07) is 4.10. The number of likely N-dealkylation sites (N-methyl/N-ethyl adjacent to an activating group) is 2. The van der Waals surface area contributed by atoms with Crippen molar-refractivity contribution in [1.82, 2.24) is 15.2 Å². The van der Waals surface area contributed by atoms with Crippen LogP contribution >= 0.6 is 0 Å². The zero-order valence-electron chi connectivity index (χ0n) is 9.95. The second-order valence-corrected chi connectivity index (χ2v) is 3.86. The second kappa shape index (κ2) is 6.53. The lowest BCUT2D eigenvalue weighted by molar-refractivity contribution is 0.321. The van der Waals surface area contributed by atoms with Gasteiger partial charge in [0.2, 0.25) is 0 Å². The van der Waals surface area contributed by atoms with Crippen molar-refractivity contribution in [3.05, 3.63) is 29.6 Å². The Bertz CT molecular complexity index is 286. The number of hydrogen-bond acceptors (Lipinski definition) is 3. The van der Waals surface area contributed by atoms with E-state index in [1.165, 1.54) is 11.3 Å². The molecule has 3 nitrogen and oxygen atoms in total. The number of nitrogens with one attached hydrogen (secondary N) is 1. The molecule has 0 bridgehead atoms. The molecule has 0 aliphatic carbocycles. The molecule has 15 heavy (non-hydrogen) atoms. The summed E-state index contributed by atoms with van der Waals surface area (Å²) < 4.78 is 0. The van der Waals surface area contributed by atoms with Crippen molar-refractivity contribution in [2.45, 2.75) is 20.4 Å². The van der Waals surface area contributed by atoms with Gasteiger partial charge in [0.25, 0.3) is 0 Å². The van der Waals surface area contributed by atoms with Crippen molar-refractivity contribution in [3.63, 3.8) is 0 Å². The highest BCUT2D eigenvalue weighted by Crippen LogP contribution is 2.05. The highest BCUT2D eigenvalue weighted by molar-refractivity contribution is 5.17. The lowest BCUT2D eigenvalue weighted by Crippen LogP contribution is -2.29. The van der Waals surface area contributed by atoms with Gasteiger partial charge in [0.1, 0.15) is 0 Å². The van der Waals surface area contributed by atoms with Crippen molar-refractivity contribution < 1.29 is 0 Å². The number of aromatic nitrogens is 1. The Hall–Kier alpha value is -0.930. The molecule has 0 unspecified atom stereocenters. The highest BCUT2D eigenvalue weighted by Gasteiger charge is 2.02. The minimum atomic E-state index is 0.929. The predicted molar refractivity (Wildman–Crippen MR) is 63.9 cm³/mol. The standard InChI is InChI=1S/C12H21N3/c1-4-13-8-9-15(3)10-12-11(2)6-5-7-14-12/h5-7,13H,4,8-10H2,1-3H3. The summed E-state index contributed by atoms with van der Waals surface area (Å²) in [5.41, 5.74) is 2.45. The van der Waals surface area contributed by atoms with Gasteiger partial charge in [0, 0.05) is 25.8 Å². The molecule has 0 saturated carbocycles. The Morgan fingerprint density at radius 3 is 2.93 bits per heavy atom. The van der Waals surface area contributed by atoms with E-state index in [1.54, 1.807) is 0 Å². The van der Waals surface area contributed by atoms with Gasteiger partial charge in [-0.05, 0) is 32.1 Å². The first-order valence-corrected chi connectivity index (χ1v) is 5.53. The molecule has 0 aromatic carbocycles. The Labute approximate surface area is 92.5 Å². The SMILES string of the molecule is CCNCCN(C)Cc1ncccc1C. The van der Waals surface area contributed by atoms with E-state index in [4.69, 9.17) is 0 Å². The summed E-state index contributed by atoms with van der Waals surface area (Å²) in [5, 5.41) is 3.32. The van der Waals surface area contributed by atoms with Crippen LogP contribution in [0, 0.1) is 6.92 Å². The summed E-state index contributed by atoms with van der Waals surface area (Å²) in [7, 11) is 2.13. The minimum Gasteiger partial charge on any atom is -0.316 e. The molecule has 84 valence electrons. The average molecular weight is 207 g/mol. The third-order valence-electron chi connectivity index (χ3n) is 2.46. The summed E-state index contributed by atoms with van der Waals surface area (Å²) in [4.78, 5) is 6.67. The number of nitrogens with zero attached hydrogens (tertiary/aromatic N) is 2. The molecule has 3 heteroatoms. The van der Waals surface area contributed by atoms with Crippen molar-refractivity contribution in [2.75, 3.05) is 26.7 Å². The van der Waals surface area contributed by atoms with Gasteiger partial charge >= 0.3 is 0 Å². The Morgan fingerprint density at radius 1 is 1.47 bits per heavy atom. The maximum Gasteiger partial charge on any atom is 0.0572 e. The molecule has 1 aromatic rings. The molecule has 0 saturated heterocycles. The molecular formula is C12H21N3. The fourth-order valence-electron chi connectivity index (χ4n) is 1.47. The molecule has 0 fully saturated rings. The lowest BCUT2D eigenvalue weighted by Gasteiger charge is -2.17. The fourth-order valence-corrected chi connectivity index (χ4v) is 1.47. The Balaban J connectivity index is 2.37. The van der Waals surface area contributed by atoms with Crippen LogP contribution in [0.25, 0.3) is 0 Å². The first kappa shape index (κ1) is 12.1. The van der Waals surface area contributed by atoms with Crippen LogP contribution in [0.3, 0.4) is 0 Å². The third kappa shape index (κ3) is 4.40. The van der Waals surface area contributed by atoms with Crippen LogP contribution in [0.15, 0.2) is 18.3 Å². The summed E-state index contributed by atoms with van der Waals surface area (Å²) >= 11 is 0. The maximum absolute atomic E-state index is 4.38. The fraction of sp³-hybridized carbons (Fsp3) is 0.583. The largest absolute Gasteiger partial charge is 0.316 e. The van der Waals surface area contributed by atoms with Gasteiger partial charge in [0.05, 0.1) is 5.69 Å². The van der Waals surface area contributed by atoms with Gasteiger partial charge in [-0.1, -0.05) is 13.0 Å². The van der Waals surface area contributed by atoms with E-state index in [-0.39, 0.29) is 0 Å². The molecule has 0 aliphatic rings. The van der Waals surface area contributed by atoms with Crippen molar-refractivity contribution in [2.24, 2.45) is 0 Å². The second-order valence-electron chi connectivity index (χ2n) is 3.86. The van der Waals surface area contributed by atoms with E-state index in [0.717, 1.165) is 26.2 Å². The van der Waals surface area contributed by atoms with Crippen molar-refractivity contribution in [1.29, 1.82) is 0 Å². The highest BCUT2D eigenvalue weighted by atomic mass is 15.1. The molecule has 1 N–H and O–H groups in total. The van der Waals surface area contributed by atoms with E-state index in [9.17, 15) is 0 Å². The van der Waals surface area contributed by atoms with E-state index < -0.39 is 0 Å². The average Bonchev–Trinajstić information content (AvgIpc) is 2.22. The van der Waals surface area contributed by atoms with Crippen molar-refractivity contribution >= 4 is 0 Å². The first-order valence-electron chi connectivity index (χ1n) is 5.53. The smallest absolute Gasteiger partial charge is 0.0572 e. The molecule has 0 radical (unpaired) electrons. The number of hydrogen-bond donors (Lipinski definition) is 1. The van der Waals surface area contributed by atoms with Gasteiger partial charge < -0.3 is 5.32 Å². The van der Waals surface area contributed by atoms with Gasteiger partial charge in [-0.25, -0.2) is 0 Å². The molecule has 0 atom stereocenters. The Kier molecular flexibility index (Phi) is 5.29. The number of rotatable bonds is 6. The minimum absolute atomic E-state index is 0.929. The topological polar surface area (TPSA) is 28.2 Å². The maximum atomic E-state index is 4.38. The number of aryl methyl sites for hydroxylation is 1. The first-order chi connectivity index (χ1) is 7.24. The monoisotopic (exact) mass is 207 g/mol. The van der Waals surface area contributed by atoms with Gasteiger partial charge in [-0.2, -0.15) is 0 Å². The summed E-state index contributed by atoms with van der Waals surface area (Å²) in [6.07, 6.45) is 1.86. The normalized spacial score (nSPS) is 10.9. The van der Waals surface area contributed by atoms with Crippen LogP contribution in [-0.4, -0.2) is 36.6 Å². The molecule has 0 amide bonds. The van der Waals surface area contributed by atoms with E-state index in [1.807, 2.05) is 12.3 Å². The zero-order chi connectivity index (χ0) is 11.1. The van der Waals surface area contributed by atoms with E-state index in [0.29, 0.717) is 0 Å². The number of pyridine rings is 1.